The lowest BCUT2D eigenvalue weighted by molar-refractivity contribution is 0.512. The summed E-state index contributed by atoms with van der Waals surface area (Å²) in [5.74, 6) is 1.11. The summed E-state index contributed by atoms with van der Waals surface area (Å²) in [5, 5.41) is 4.67. The lowest BCUT2D eigenvalue weighted by Crippen LogP contribution is -2.12. The molecule has 0 atom stereocenters. The van der Waals surface area contributed by atoms with E-state index in [4.69, 9.17) is 4.42 Å². The second-order valence-electron chi connectivity index (χ2n) is 6.50. The molecular formula is C18H27NO. The number of aryl methyl sites for hydroxylation is 1. The molecule has 1 aromatic carbocycles. The predicted octanol–water partition coefficient (Wildman–Crippen LogP) is 4.79. The Kier molecular flexibility index (Phi) is 4.54. The minimum atomic E-state index is 0.177. The van der Waals surface area contributed by atoms with Crippen molar-refractivity contribution in [2.45, 2.75) is 59.4 Å². The summed E-state index contributed by atoms with van der Waals surface area (Å²) in [6.45, 7) is 12.9. The number of hydrogen-bond donors (Lipinski definition) is 1. The van der Waals surface area contributed by atoms with Gasteiger partial charge in [0, 0.05) is 10.9 Å². The first-order chi connectivity index (χ1) is 9.47. The fourth-order valence-electron chi connectivity index (χ4n) is 2.57. The van der Waals surface area contributed by atoms with Crippen molar-refractivity contribution in [3.05, 3.63) is 35.1 Å². The van der Waals surface area contributed by atoms with E-state index in [1.54, 1.807) is 0 Å². The molecular weight excluding hydrogens is 246 g/mol. The summed E-state index contributed by atoms with van der Waals surface area (Å²) < 4.78 is 6.06. The molecule has 0 fully saturated rings. The maximum absolute atomic E-state index is 6.06. The predicted molar refractivity (Wildman–Crippen MR) is 86.3 cm³/mol. The van der Waals surface area contributed by atoms with Crippen molar-refractivity contribution < 1.29 is 4.42 Å². The lowest BCUT2D eigenvalue weighted by atomic mass is 9.86. The number of nitrogens with one attached hydrogen (secondary N) is 1. The van der Waals surface area contributed by atoms with Crippen LogP contribution < -0.4 is 5.32 Å². The van der Waals surface area contributed by atoms with Gasteiger partial charge in [-0.2, -0.15) is 0 Å². The summed E-state index contributed by atoms with van der Waals surface area (Å²) in [6.07, 6.45) is 2.23. The minimum Gasteiger partial charge on any atom is -0.459 e. The largest absolute Gasteiger partial charge is 0.459 e. The first-order valence-electron chi connectivity index (χ1n) is 7.72. The van der Waals surface area contributed by atoms with Crippen LogP contribution in [0.25, 0.3) is 11.0 Å². The number of furan rings is 1. The van der Waals surface area contributed by atoms with Crippen LogP contribution in [0.1, 0.15) is 57.9 Å². The van der Waals surface area contributed by atoms with Crippen molar-refractivity contribution in [2.24, 2.45) is 0 Å². The average Bonchev–Trinajstić information content (AvgIpc) is 2.73. The van der Waals surface area contributed by atoms with Crippen LogP contribution >= 0.6 is 0 Å². The first kappa shape index (κ1) is 15.1. The van der Waals surface area contributed by atoms with Crippen LogP contribution in [0.4, 0.5) is 0 Å². The van der Waals surface area contributed by atoms with E-state index in [0.717, 1.165) is 37.3 Å². The molecule has 0 aliphatic carbocycles. The van der Waals surface area contributed by atoms with E-state index in [-0.39, 0.29) is 5.41 Å². The van der Waals surface area contributed by atoms with Crippen LogP contribution in [0, 0.1) is 0 Å². The zero-order chi connectivity index (χ0) is 14.8. The molecule has 0 unspecified atom stereocenters. The van der Waals surface area contributed by atoms with Gasteiger partial charge in [0.25, 0.3) is 0 Å². The Bertz CT molecular complexity index is 575. The topological polar surface area (TPSA) is 25.2 Å². The van der Waals surface area contributed by atoms with E-state index in [1.165, 1.54) is 16.5 Å². The number of rotatable bonds is 5. The molecule has 1 heterocycles. The summed E-state index contributed by atoms with van der Waals surface area (Å²) in [4.78, 5) is 0. The molecule has 0 radical (unpaired) electrons. The van der Waals surface area contributed by atoms with E-state index in [9.17, 15) is 0 Å². The third-order valence-corrected chi connectivity index (χ3v) is 3.78. The zero-order valence-corrected chi connectivity index (χ0v) is 13.5. The smallest absolute Gasteiger partial charge is 0.134 e. The van der Waals surface area contributed by atoms with Crippen LogP contribution in [-0.2, 0) is 18.4 Å². The highest BCUT2D eigenvalue weighted by Crippen LogP contribution is 2.32. The molecule has 2 aromatic rings. The molecule has 1 N–H and O–H groups in total. The van der Waals surface area contributed by atoms with Crippen LogP contribution in [0.2, 0.25) is 0 Å². The highest BCUT2D eigenvalue weighted by molar-refractivity contribution is 5.83. The third kappa shape index (κ3) is 3.06. The van der Waals surface area contributed by atoms with Gasteiger partial charge in [0.05, 0.1) is 6.54 Å². The molecule has 110 valence electrons. The van der Waals surface area contributed by atoms with E-state index >= 15 is 0 Å². The van der Waals surface area contributed by atoms with Crippen LogP contribution in [0.15, 0.2) is 22.6 Å². The van der Waals surface area contributed by atoms with E-state index < -0.39 is 0 Å². The van der Waals surface area contributed by atoms with Gasteiger partial charge in [0.1, 0.15) is 11.3 Å². The Morgan fingerprint density at radius 3 is 2.50 bits per heavy atom. The molecule has 0 aliphatic heterocycles. The van der Waals surface area contributed by atoms with Crippen molar-refractivity contribution in [3.8, 4) is 0 Å². The molecule has 2 rings (SSSR count). The Morgan fingerprint density at radius 1 is 1.15 bits per heavy atom. The first-order valence-corrected chi connectivity index (χ1v) is 7.72. The average molecular weight is 273 g/mol. The molecule has 0 bridgehead atoms. The van der Waals surface area contributed by atoms with Crippen molar-refractivity contribution in [2.75, 3.05) is 6.54 Å². The second kappa shape index (κ2) is 6.01. The monoisotopic (exact) mass is 273 g/mol. The molecule has 0 aliphatic rings. The van der Waals surface area contributed by atoms with Gasteiger partial charge >= 0.3 is 0 Å². The number of fused-ring (bicyclic) bond motifs is 1. The van der Waals surface area contributed by atoms with E-state index in [2.05, 4.69) is 58.1 Å². The highest BCUT2D eigenvalue weighted by Gasteiger charge is 2.18. The standard InChI is InChI=1S/C18H27NO/c1-6-8-14-15-11-13(18(3,4)5)9-10-16(15)20-17(14)12-19-7-2/h9-11,19H,6-8,12H2,1-5H3. The van der Waals surface area contributed by atoms with Crippen LogP contribution in [0.3, 0.4) is 0 Å². The van der Waals surface area contributed by atoms with Gasteiger partial charge in [-0.15, -0.1) is 0 Å². The van der Waals surface area contributed by atoms with Crippen molar-refractivity contribution in [1.29, 1.82) is 0 Å². The number of benzene rings is 1. The summed E-state index contributed by atoms with van der Waals surface area (Å²) in [6, 6.07) is 6.64. The third-order valence-electron chi connectivity index (χ3n) is 3.78. The fraction of sp³-hybridized carbons (Fsp3) is 0.556. The summed E-state index contributed by atoms with van der Waals surface area (Å²) in [7, 11) is 0. The maximum atomic E-state index is 6.06. The quantitative estimate of drug-likeness (QED) is 0.847. The Labute approximate surface area is 122 Å². The zero-order valence-electron chi connectivity index (χ0n) is 13.5. The van der Waals surface area contributed by atoms with Gasteiger partial charge < -0.3 is 9.73 Å². The van der Waals surface area contributed by atoms with Gasteiger partial charge in [-0.05, 0) is 36.1 Å². The molecule has 20 heavy (non-hydrogen) atoms. The van der Waals surface area contributed by atoms with Crippen molar-refractivity contribution in [1.82, 2.24) is 5.32 Å². The normalized spacial score (nSPS) is 12.2. The molecule has 2 nitrogen and oxygen atoms in total. The van der Waals surface area contributed by atoms with Gasteiger partial charge in [-0.3, -0.25) is 0 Å². The summed E-state index contributed by atoms with van der Waals surface area (Å²) in [5.41, 5.74) is 3.96. The van der Waals surface area contributed by atoms with Crippen molar-refractivity contribution >= 4 is 11.0 Å². The van der Waals surface area contributed by atoms with Gasteiger partial charge in [0.15, 0.2) is 0 Å². The molecule has 0 saturated heterocycles. The Morgan fingerprint density at radius 2 is 1.90 bits per heavy atom. The second-order valence-corrected chi connectivity index (χ2v) is 6.50. The minimum absolute atomic E-state index is 0.177. The fourth-order valence-corrected chi connectivity index (χ4v) is 2.57. The van der Waals surface area contributed by atoms with Gasteiger partial charge in [-0.1, -0.05) is 47.1 Å². The van der Waals surface area contributed by atoms with Gasteiger partial charge in [-0.25, -0.2) is 0 Å². The molecule has 1 aromatic heterocycles. The molecule has 2 heteroatoms. The Balaban J connectivity index is 2.51. The molecule has 0 saturated carbocycles. The van der Waals surface area contributed by atoms with Gasteiger partial charge in [0.2, 0.25) is 0 Å². The lowest BCUT2D eigenvalue weighted by Gasteiger charge is -2.18. The Hall–Kier alpha value is -1.28. The van der Waals surface area contributed by atoms with Crippen LogP contribution in [-0.4, -0.2) is 6.54 Å². The van der Waals surface area contributed by atoms with Crippen molar-refractivity contribution in [3.63, 3.8) is 0 Å². The highest BCUT2D eigenvalue weighted by atomic mass is 16.3. The number of hydrogen-bond acceptors (Lipinski definition) is 2. The molecule has 0 amide bonds. The van der Waals surface area contributed by atoms with Crippen LogP contribution in [0.5, 0.6) is 0 Å². The summed E-state index contributed by atoms with van der Waals surface area (Å²) >= 11 is 0. The molecule has 0 spiro atoms. The SMILES string of the molecule is CCCc1c(CNCC)oc2ccc(C(C)(C)C)cc12. The maximum Gasteiger partial charge on any atom is 0.134 e. The van der Waals surface area contributed by atoms with E-state index in [0.29, 0.717) is 0 Å². The van der Waals surface area contributed by atoms with E-state index in [1.807, 2.05) is 0 Å².